The molecule has 2 heteroatoms. The number of hydrogen-bond acceptors (Lipinski definition) is 1. The van der Waals surface area contributed by atoms with Gasteiger partial charge in [0.2, 0.25) is 0 Å². The summed E-state index contributed by atoms with van der Waals surface area (Å²) in [5, 5.41) is 0. The molecule has 0 aromatic carbocycles. The fourth-order valence-corrected chi connectivity index (χ4v) is 2.29. The van der Waals surface area contributed by atoms with Gasteiger partial charge in [0, 0.05) is 16.0 Å². The number of nitrogens with zero attached hydrogens (tertiary/aromatic N) is 1. The van der Waals surface area contributed by atoms with Gasteiger partial charge in [-0.3, -0.25) is 4.99 Å². The fraction of sp³-hybridized carbons (Fsp3) is 0.545. The predicted molar refractivity (Wildman–Crippen MR) is 60.4 cm³/mol. The molecule has 0 saturated heterocycles. The second kappa shape index (κ2) is 2.81. The van der Waals surface area contributed by atoms with Gasteiger partial charge in [0.15, 0.2) is 0 Å². The Labute approximate surface area is 87.8 Å². The van der Waals surface area contributed by atoms with E-state index in [-0.39, 0.29) is 5.41 Å². The molecule has 0 radical (unpaired) electrons. The lowest BCUT2D eigenvalue weighted by molar-refractivity contribution is 0.645. The third-order valence-electron chi connectivity index (χ3n) is 3.03. The van der Waals surface area contributed by atoms with Crippen molar-refractivity contribution in [1.82, 2.24) is 0 Å². The van der Waals surface area contributed by atoms with Crippen LogP contribution in [0.4, 0.5) is 0 Å². The van der Waals surface area contributed by atoms with E-state index in [2.05, 4.69) is 53.8 Å². The highest BCUT2D eigenvalue weighted by atomic mass is 79.9. The maximum atomic E-state index is 4.59. The zero-order valence-electron chi connectivity index (χ0n) is 8.26. The van der Waals surface area contributed by atoms with Crippen LogP contribution in [0.25, 0.3) is 0 Å². The van der Waals surface area contributed by atoms with E-state index in [1.165, 1.54) is 17.0 Å². The summed E-state index contributed by atoms with van der Waals surface area (Å²) in [5.41, 5.74) is 3.96. The van der Waals surface area contributed by atoms with Crippen molar-refractivity contribution in [1.29, 1.82) is 0 Å². The molecular formula is C11H14BrN. The summed E-state index contributed by atoms with van der Waals surface area (Å²) >= 11 is 3.59. The Hall–Kier alpha value is -0.370. The largest absolute Gasteiger partial charge is 0.257 e. The molecule has 0 spiro atoms. The van der Waals surface area contributed by atoms with Gasteiger partial charge in [0.25, 0.3) is 0 Å². The summed E-state index contributed by atoms with van der Waals surface area (Å²) in [6.07, 6.45) is 5.62. The van der Waals surface area contributed by atoms with Gasteiger partial charge in [0.1, 0.15) is 0 Å². The summed E-state index contributed by atoms with van der Waals surface area (Å²) in [6, 6.07) is 0. The van der Waals surface area contributed by atoms with Crippen molar-refractivity contribution in [2.75, 3.05) is 0 Å². The number of alkyl halides is 1. The third kappa shape index (κ3) is 1.32. The van der Waals surface area contributed by atoms with Crippen LogP contribution in [0.1, 0.15) is 27.2 Å². The summed E-state index contributed by atoms with van der Waals surface area (Å²) < 4.78 is 0. The number of rotatable bonds is 0. The standard InChI is InChI=1S/C11H14BrN/c1-7-11(2,3)9-5-4-8(12)6-10(9)13-7/h5-6,8H,4H2,1-3H3. The topological polar surface area (TPSA) is 12.4 Å². The molecule has 1 nitrogen and oxygen atoms in total. The van der Waals surface area contributed by atoms with Gasteiger partial charge in [-0.25, -0.2) is 0 Å². The maximum Gasteiger partial charge on any atom is 0.0638 e. The Morgan fingerprint density at radius 2 is 2.23 bits per heavy atom. The molecule has 70 valence electrons. The molecule has 1 atom stereocenters. The van der Waals surface area contributed by atoms with Crippen LogP contribution in [0, 0.1) is 5.41 Å². The van der Waals surface area contributed by atoms with Crippen molar-refractivity contribution in [2.24, 2.45) is 10.4 Å². The fourth-order valence-electron chi connectivity index (χ4n) is 1.85. The zero-order valence-corrected chi connectivity index (χ0v) is 9.85. The van der Waals surface area contributed by atoms with Crippen LogP contribution in [-0.2, 0) is 0 Å². The first-order valence-electron chi connectivity index (χ1n) is 4.64. The smallest absolute Gasteiger partial charge is 0.0638 e. The molecule has 13 heavy (non-hydrogen) atoms. The molecule has 0 amide bonds. The van der Waals surface area contributed by atoms with E-state index >= 15 is 0 Å². The zero-order chi connectivity index (χ0) is 9.64. The Balaban J connectivity index is 2.47. The van der Waals surface area contributed by atoms with Gasteiger partial charge in [-0.1, -0.05) is 35.9 Å². The summed E-state index contributed by atoms with van der Waals surface area (Å²) in [6.45, 7) is 6.60. The first kappa shape index (κ1) is 9.20. The molecule has 1 aliphatic carbocycles. The van der Waals surface area contributed by atoms with Crippen molar-refractivity contribution in [2.45, 2.75) is 32.0 Å². The molecule has 2 aliphatic rings. The maximum absolute atomic E-state index is 4.59. The van der Waals surface area contributed by atoms with Crippen LogP contribution >= 0.6 is 15.9 Å². The quantitative estimate of drug-likeness (QED) is 0.575. The number of fused-ring (bicyclic) bond motifs is 1. The molecule has 1 unspecified atom stereocenters. The normalized spacial score (nSPS) is 30.5. The molecule has 1 aliphatic heterocycles. The van der Waals surface area contributed by atoms with Crippen molar-refractivity contribution >= 4 is 21.6 Å². The molecule has 1 heterocycles. The van der Waals surface area contributed by atoms with Crippen molar-refractivity contribution in [3.8, 4) is 0 Å². The predicted octanol–water partition coefficient (Wildman–Crippen LogP) is 3.46. The van der Waals surface area contributed by atoms with Crippen LogP contribution in [0.2, 0.25) is 0 Å². The first-order chi connectivity index (χ1) is 6.01. The molecule has 0 N–H and O–H groups in total. The van der Waals surface area contributed by atoms with Crippen LogP contribution in [0.15, 0.2) is 28.4 Å². The monoisotopic (exact) mass is 239 g/mol. The molecular weight excluding hydrogens is 226 g/mol. The SMILES string of the molecule is CC1=NC2=CC(Br)CC=C2C1(C)C. The minimum atomic E-state index is 0.152. The summed E-state index contributed by atoms with van der Waals surface area (Å²) in [4.78, 5) is 5.06. The highest BCUT2D eigenvalue weighted by molar-refractivity contribution is 9.09. The second-order valence-corrected chi connectivity index (χ2v) is 5.42. The number of aliphatic imine (C=N–C) groups is 1. The first-order valence-corrected chi connectivity index (χ1v) is 5.56. The Morgan fingerprint density at radius 1 is 1.54 bits per heavy atom. The minimum Gasteiger partial charge on any atom is -0.257 e. The highest BCUT2D eigenvalue weighted by Crippen LogP contribution is 2.43. The lowest BCUT2D eigenvalue weighted by atomic mass is 9.79. The van der Waals surface area contributed by atoms with Crippen molar-refractivity contribution in [3.63, 3.8) is 0 Å². The van der Waals surface area contributed by atoms with Crippen molar-refractivity contribution < 1.29 is 0 Å². The number of allylic oxidation sites excluding steroid dienone is 3. The molecule has 0 saturated carbocycles. The molecule has 0 bridgehead atoms. The van der Waals surface area contributed by atoms with E-state index in [9.17, 15) is 0 Å². The van der Waals surface area contributed by atoms with Crippen LogP contribution in [0.3, 0.4) is 0 Å². The highest BCUT2D eigenvalue weighted by Gasteiger charge is 2.35. The molecule has 0 aromatic heterocycles. The van der Waals surface area contributed by atoms with E-state index in [1.807, 2.05) is 0 Å². The lowest BCUT2D eigenvalue weighted by Crippen LogP contribution is -2.20. The average molecular weight is 240 g/mol. The van der Waals surface area contributed by atoms with Gasteiger partial charge in [0.05, 0.1) is 5.70 Å². The van der Waals surface area contributed by atoms with Crippen LogP contribution < -0.4 is 0 Å². The van der Waals surface area contributed by atoms with Crippen LogP contribution in [0.5, 0.6) is 0 Å². The van der Waals surface area contributed by atoms with Gasteiger partial charge in [-0.2, -0.15) is 0 Å². The summed E-state index contributed by atoms with van der Waals surface area (Å²) in [5.74, 6) is 0. The van der Waals surface area contributed by atoms with E-state index in [0.29, 0.717) is 4.83 Å². The van der Waals surface area contributed by atoms with Crippen molar-refractivity contribution in [3.05, 3.63) is 23.4 Å². The average Bonchev–Trinajstić information content (AvgIpc) is 2.23. The Kier molecular flexibility index (Phi) is 1.99. The summed E-state index contributed by atoms with van der Waals surface area (Å²) in [7, 11) is 0. The Morgan fingerprint density at radius 3 is 2.92 bits per heavy atom. The van der Waals surface area contributed by atoms with E-state index < -0.39 is 0 Å². The number of halogens is 1. The molecule has 2 rings (SSSR count). The van der Waals surface area contributed by atoms with Gasteiger partial charge in [-0.05, 0) is 25.0 Å². The minimum absolute atomic E-state index is 0.152. The van der Waals surface area contributed by atoms with E-state index in [4.69, 9.17) is 0 Å². The number of hydrogen-bond donors (Lipinski definition) is 0. The molecule has 0 aromatic rings. The second-order valence-electron chi connectivity index (χ2n) is 4.24. The van der Waals surface area contributed by atoms with Gasteiger partial charge < -0.3 is 0 Å². The third-order valence-corrected chi connectivity index (χ3v) is 3.67. The van der Waals surface area contributed by atoms with Gasteiger partial charge >= 0.3 is 0 Å². The van der Waals surface area contributed by atoms with E-state index in [1.54, 1.807) is 0 Å². The molecule has 0 fully saturated rings. The Bertz CT molecular complexity index is 334. The lowest BCUT2D eigenvalue weighted by Gasteiger charge is -2.23. The van der Waals surface area contributed by atoms with Gasteiger partial charge in [-0.15, -0.1) is 0 Å². The van der Waals surface area contributed by atoms with E-state index in [0.717, 1.165) is 6.42 Å². The van der Waals surface area contributed by atoms with Crippen LogP contribution in [-0.4, -0.2) is 10.5 Å².